The second-order valence-electron chi connectivity index (χ2n) is 9.79. The van der Waals surface area contributed by atoms with E-state index in [1.807, 2.05) is 40.8 Å². The van der Waals surface area contributed by atoms with Crippen LogP contribution >= 0.6 is 0 Å². The number of nitrogen functional groups attached to an aromatic ring is 1. The number of aromatic nitrogens is 3. The van der Waals surface area contributed by atoms with Crippen molar-refractivity contribution >= 4 is 39.9 Å². The Balaban J connectivity index is 1.53. The fourth-order valence-corrected chi connectivity index (χ4v) is 5.36. The Kier molecular flexibility index (Phi) is 6.35. The topological polar surface area (TPSA) is 106 Å². The summed E-state index contributed by atoms with van der Waals surface area (Å²) < 4.78 is 2.05. The quantitative estimate of drug-likeness (QED) is 0.517. The summed E-state index contributed by atoms with van der Waals surface area (Å²) in [6.45, 7) is 7.14. The van der Waals surface area contributed by atoms with E-state index in [0.717, 1.165) is 73.0 Å². The molecule has 5 rings (SSSR count). The summed E-state index contributed by atoms with van der Waals surface area (Å²) in [5.74, 6) is 0.561. The number of nitrogens with two attached hydrogens (primary N) is 1. The Hall–Kier alpha value is -3.94. The summed E-state index contributed by atoms with van der Waals surface area (Å²) in [7, 11) is 1.98. The maximum Gasteiger partial charge on any atom is 0.250 e. The monoisotopic (exact) mass is 484 g/mol. The van der Waals surface area contributed by atoms with Crippen LogP contribution in [-0.4, -0.2) is 44.3 Å². The third-order valence-corrected chi connectivity index (χ3v) is 7.30. The number of allylic oxidation sites excluding steroid dienone is 2. The molecular weight excluding hydrogens is 452 g/mol. The molecule has 1 atom stereocenters. The molecule has 1 unspecified atom stereocenters. The predicted molar refractivity (Wildman–Crippen MR) is 143 cm³/mol. The van der Waals surface area contributed by atoms with Crippen LogP contribution < -0.4 is 11.1 Å². The van der Waals surface area contributed by atoms with Gasteiger partial charge in [-0.1, -0.05) is 24.8 Å². The largest absolute Gasteiger partial charge is 0.383 e. The highest BCUT2D eigenvalue weighted by Crippen LogP contribution is 2.43. The lowest BCUT2D eigenvalue weighted by atomic mass is 9.84. The van der Waals surface area contributed by atoms with E-state index in [0.29, 0.717) is 17.1 Å². The number of amides is 2. The Morgan fingerprint density at radius 1 is 1.14 bits per heavy atom. The van der Waals surface area contributed by atoms with E-state index in [-0.39, 0.29) is 17.7 Å². The van der Waals surface area contributed by atoms with E-state index in [1.165, 1.54) is 11.9 Å². The molecule has 2 aliphatic rings. The molecule has 1 aromatic carbocycles. The molecule has 3 aromatic rings. The Labute approximate surface area is 210 Å². The van der Waals surface area contributed by atoms with Crippen molar-refractivity contribution in [1.29, 1.82) is 0 Å². The van der Waals surface area contributed by atoms with E-state index in [9.17, 15) is 9.59 Å². The second kappa shape index (κ2) is 9.60. The number of likely N-dealkylation sites (tertiary alicyclic amines) is 1. The summed E-state index contributed by atoms with van der Waals surface area (Å²) in [6.07, 6.45) is 8.23. The fourth-order valence-electron chi connectivity index (χ4n) is 5.36. The van der Waals surface area contributed by atoms with Crippen LogP contribution in [0.5, 0.6) is 0 Å². The molecule has 0 radical (unpaired) electrons. The van der Waals surface area contributed by atoms with Crippen molar-refractivity contribution in [2.75, 3.05) is 24.1 Å². The van der Waals surface area contributed by atoms with Crippen molar-refractivity contribution < 1.29 is 9.59 Å². The van der Waals surface area contributed by atoms with Crippen LogP contribution in [0.25, 0.3) is 27.9 Å². The van der Waals surface area contributed by atoms with Crippen molar-refractivity contribution in [3.63, 3.8) is 0 Å². The third-order valence-electron chi connectivity index (χ3n) is 7.30. The van der Waals surface area contributed by atoms with Gasteiger partial charge in [-0.2, -0.15) is 0 Å². The number of anilines is 2. The summed E-state index contributed by atoms with van der Waals surface area (Å²) >= 11 is 0. The zero-order chi connectivity index (χ0) is 25.4. The van der Waals surface area contributed by atoms with Gasteiger partial charge >= 0.3 is 0 Å². The van der Waals surface area contributed by atoms with Crippen LogP contribution in [0.3, 0.4) is 0 Å². The normalized spacial score (nSPS) is 17.8. The highest BCUT2D eigenvalue weighted by atomic mass is 16.2. The average Bonchev–Trinajstić information content (AvgIpc) is 3.52. The lowest BCUT2D eigenvalue weighted by Crippen LogP contribution is -2.34. The van der Waals surface area contributed by atoms with E-state index < -0.39 is 0 Å². The summed E-state index contributed by atoms with van der Waals surface area (Å²) in [6, 6.07) is 7.73. The van der Waals surface area contributed by atoms with E-state index in [2.05, 4.69) is 27.9 Å². The lowest BCUT2D eigenvalue weighted by molar-refractivity contribution is -0.134. The smallest absolute Gasteiger partial charge is 0.250 e. The Morgan fingerprint density at radius 3 is 2.50 bits per heavy atom. The number of carbonyl (C=O) groups is 2. The molecule has 8 heteroatoms. The standard InChI is InChI=1S/C28H32N6O2/c1-17(2)27(35)32-21-12-10-19(11-13-21)24-22(23-25(29)30-16-31-26(23)33(24)3)18-6-8-20(9-7-18)28(36)34-14-4-5-15-34/h6,10-13,16,20H,1,4-5,7-9,14-15H2,2-3H3,(H,32,35)(H2,29,30,31). The number of fused-ring (bicyclic) bond motifs is 1. The van der Waals surface area contributed by atoms with Crippen LogP contribution in [-0.2, 0) is 16.6 Å². The van der Waals surface area contributed by atoms with Crippen molar-refractivity contribution in [2.45, 2.75) is 39.0 Å². The number of rotatable bonds is 5. The SMILES string of the molecule is C=C(C)C(=O)Nc1ccc(-c2c(C3=CCC(C(=O)N4CCCC4)CC3)c3c(N)ncnc3n2C)cc1. The minimum Gasteiger partial charge on any atom is -0.383 e. The second-order valence-corrected chi connectivity index (χ2v) is 9.79. The van der Waals surface area contributed by atoms with Crippen LogP contribution in [0.15, 0.2) is 48.8 Å². The predicted octanol–water partition coefficient (Wildman–Crippen LogP) is 4.54. The molecule has 0 bridgehead atoms. The minimum absolute atomic E-state index is 0.0371. The van der Waals surface area contributed by atoms with Crippen LogP contribution in [0.4, 0.5) is 11.5 Å². The molecule has 1 saturated heterocycles. The van der Waals surface area contributed by atoms with Crippen molar-refractivity contribution in [3.05, 3.63) is 54.4 Å². The number of nitrogens with one attached hydrogen (secondary N) is 1. The zero-order valence-electron chi connectivity index (χ0n) is 20.9. The Bertz CT molecular complexity index is 1380. The molecule has 2 aromatic heterocycles. The van der Waals surface area contributed by atoms with Gasteiger partial charge in [0.05, 0.1) is 11.1 Å². The van der Waals surface area contributed by atoms with Gasteiger partial charge in [0.25, 0.3) is 5.91 Å². The molecule has 1 aliphatic carbocycles. The van der Waals surface area contributed by atoms with Gasteiger partial charge in [0.15, 0.2) is 0 Å². The maximum absolute atomic E-state index is 13.0. The summed E-state index contributed by atoms with van der Waals surface area (Å²) in [5, 5.41) is 3.69. The molecule has 2 amide bonds. The number of nitrogens with zero attached hydrogens (tertiary/aromatic N) is 4. The fraction of sp³-hybridized carbons (Fsp3) is 0.357. The van der Waals surface area contributed by atoms with Gasteiger partial charge in [-0.3, -0.25) is 9.59 Å². The molecule has 1 aliphatic heterocycles. The molecule has 0 saturated carbocycles. The first-order valence-corrected chi connectivity index (χ1v) is 12.5. The minimum atomic E-state index is -0.207. The van der Waals surface area contributed by atoms with Crippen molar-refractivity contribution in [1.82, 2.24) is 19.4 Å². The highest BCUT2D eigenvalue weighted by Gasteiger charge is 2.30. The van der Waals surface area contributed by atoms with Crippen LogP contribution in [0.2, 0.25) is 0 Å². The van der Waals surface area contributed by atoms with Gasteiger partial charge in [0.1, 0.15) is 17.8 Å². The number of hydrogen-bond acceptors (Lipinski definition) is 5. The van der Waals surface area contributed by atoms with E-state index >= 15 is 0 Å². The Morgan fingerprint density at radius 2 is 1.86 bits per heavy atom. The van der Waals surface area contributed by atoms with Crippen LogP contribution in [0.1, 0.15) is 44.6 Å². The molecule has 8 nitrogen and oxygen atoms in total. The van der Waals surface area contributed by atoms with Crippen molar-refractivity contribution in [2.24, 2.45) is 13.0 Å². The summed E-state index contributed by atoms with van der Waals surface area (Å²) in [4.78, 5) is 35.8. The van der Waals surface area contributed by atoms with Gasteiger partial charge in [-0.25, -0.2) is 9.97 Å². The van der Waals surface area contributed by atoms with E-state index in [1.54, 1.807) is 6.92 Å². The first-order valence-electron chi connectivity index (χ1n) is 12.5. The first-order chi connectivity index (χ1) is 17.3. The molecule has 3 heterocycles. The van der Waals surface area contributed by atoms with Gasteiger partial charge in [-0.15, -0.1) is 0 Å². The van der Waals surface area contributed by atoms with Gasteiger partial charge in [-0.05, 0) is 62.3 Å². The number of benzene rings is 1. The molecule has 186 valence electrons. The molecule has 3 N–H and O–H groups in total. The first kappa shape index (κ1) is 23.8. The van der Waals surface area contributed by atoms with E-state index in [4.69, 9.17) is 5.73 Å². The van der Waals surface area contributed by atoms with Crippen molar-refractivity contribution in [3.8, 4) is 11.3 Å². The summed E-state index contributed by atoms with van der Waals surface area (Å²) in [5.41, 5.74) is 12.5. The van der Waals surface area contributed by atoms with Gasteiger partial charge in [0, 0.05) is 42.9 Å². The average molecular weight is 485 g/mol. The van der Waals surface area contributed by atoms with Crippen LogP contribution in [0, 0.1) is 5.92 Å². The molecule has 1 fully saturated rings. The number of carbonyl (C=O) groups excluding carboxylic acids is 2. The van der Waals surface area contributed by atoms with Gasteiger partial charge in [0.2, 0.25) is 5.91 Å². The highest BCUT2D eigenvalue weighted by molar-refractivity contribution is 6.05. The molecule has 36 heavy (non-hydrogen) atoms. The molecule has 0 spiro atoms. The lowest BCUT2D eigenvalue weighted by Gasteiger charge is -2.26. The maximum atomic E-state index is 13.0. The number of aryl methyl sites for hydroxylation is 1. The zero-order valence-corrected chi connectivity index (χ0v) is 20.9. The number of hydrogen-bond donors (Lipinski definition) is 2. The van der Waals surface area contributed by atoms with Gasteiger partial charge < -0.3 is 20.5 Å². The molecular formula is C28H32N6O2. The third kappa shape index (κ3) is 4.27.